The number of aryl methyl sites for hydroxylation is 1. The third kappa shape index (κ3) is 6.97. The normalized spacial score (nSPS) is 18.1. The Hall–Kier alpha value is -3.38. The lowest BCUT2D eigenvalue weighted by Crippen LogP contribution is -2.45. The lowest BCUT2D eigenvalue weighted by atomic mass is 9.97. The van der Waals surface area contributed by atoms with Gasteiger partial charge in [0, 0.05) is 63.0 Å². The van der Waals surface area contributed by atoms with Crippen LogP contribution in [0.15, 0.2) is 57.9 Å². The zero-order valence-corrected chi connectivity index (χ0v) is 24.9. The van der Waals surface area contributed by atoms with Gasteiger partial charge in [0.15, 0.2) is 10.7 Å². The third-order valence-corrected chi connectivity index (χ3v) is 10.2. The number of benzene rings is 2. The fourth-order valence-corrected chi connectivity index (χ4v) is 7.24. The van der Waals surface area contributed by atoms with E-state index in [9.17, 15) is 17.6 Å². The Morgan fingerprint density at radius 2 is 1.67 bits per heavy atom. The SMILES string of the molecule is CCN1CCN(Cc2ccc(NC(=O)C3CCN(S(=O)(=O)c4c(C)noc4/C=C/c4ccccc4F)CC3)cc2)CC1. The highest BCUT2D eigenvalue weighted by Crippen LogP contribution is 2.30. The molecule has 3 aromatic rings. The number of likely N-dealkylation sites (N-methyl/N-ethyl adjacent to an activating group) is 1. The molecule has 1 amide bonds. The number of sulfonamides is 1. The number of halogens is 1. The first-order valence-electron chi connectivity index (χ1n) is 14.5. The summed E-state index contributed by atoms with van der Waals surface area (Å²) in [6.45, 7) is 10.5. The highest BCUT2D eigenvalue weighted by molar-refractivity contribution is 7.89. The summed E-state index contributed by atoms with van der Waals surface area (Å²) in [4.78, 5) is 17.9. The van der Waals surface area contributed by atoms with E-state index in [4.69, 9.17) is 4.52 Å². The standard InChI is InChI=1S/C31H38FN5O4S/c1-3-35-18-20-36(21-19-35)22-24-8-11-27(12-9-24)33-31(38)26-14-16-37(17-15-26)42(39,40)30-23(2)34-41-29(30)13-10-25-6-4-5-7-28(25)32/h4-13,26H,3,14-22H2,1-2H3,(H,33,38)/b13-10+. The average molecular weight is 596 g/mol. The van der Waals surface area contributed by atoms with Gasteiger partial charge in [-0.3, -0.25) is 9.69 Å². The molecule has 0 saturated carbocycles. The number of hydrogen-bond acceptors (Lipinski definition) is 7. The first-order chi connectivity index (χ1) is 20.2. The highest BCUT2D eigenvalue weighted by Gasteiger charge is 2.36. The Labute approximate surface area is 247 Å². The van der Waals surface area contributed by atoms with E-state index in [1.807, 2.05) is 12.1 Å². The maximum absolute atomic E-state index is 14.0. The Morgan fingerprint density at radius 1 is 1.00 bits per heavy atom. The zero-order chi connectivity index (χ0) is 29.7. The number of carbonyl (C=O) groups is 1. The summed E-state index contributed by atoms with van der Waals surface area (Å²) in [5, 5.41) is 6.85. The molecule has 1 N–H and O–H groups in total. The molecule has 2 fully saturated rings. The van der Waals surface area contributed by atoms with E-state index in [0.29, 0.717) is 18.4 Å². The van der Waals surface area contributed by atoms with Gasteiger partial charge in [-0.2, -0.15) is 4.31 Å². The molecule has 0 unspecified atom stereocenters. The summed E-state index contributed by atoms with van der Waals surface area (Å²) in [6.07, 6.45) is 3.68. The van der Waals surface area contributed by atoms with Crippen LogP contribution >= 0.6 is 0 Å². The topological polar surface area (TPSA) is 99.0 Å². The molecular formula is C31H38FN5O4S. The number of nitrogens with zero attached hydrogens (tertiary/aromatic N) is 4. The number of rotatable bonds is 9. The minimum atomic E-state index is -3.93. The van der Waals surface area contributed by atoms with E-state index in [1.165, 1.54) is 28.1 Å². The highest BCUT2D eigenvalue weighted by atomic mass is 32.2. The molecule has 2 aliphatic heterocycles. The van der Waals surface area contributed by atoms with Crippen LogP contribution in [0, 0.1) is 18.7 Å². The van der Waals surface area contributed by atoms with Gasteiger partial charge in [0.1, 0.15) is 11.5 Å². The molecule has 2 aliphatic rings. The van der Waals surface area contributed by atoms with E-state index >= 15 is 0 Å². The number of hydrogen-bond donors (Lipinski definition) is 1. The van der Waals surface area contributed by atoms with Gasteiger partial charge in [-0.05, 0) is 62.2 Å². The van der Waals surface area contributed by atoms with Crippen LogP contribution in [0.25, 0.3) is 12.2 Å². The molecule has 42 heavy (non-hydrogen) atoms. The largest absolute Gasteiger partial charge is 0.355 e. The molecule has 0 bridgehead atoms. The van der Waals surface area contributed by atoms with Crippen molar-refractivity contribution in [3.05, 3.63) is 76.9 Å². The van der Waals surface area contributed by atoms with Crippen molar-refractivity contribution in [3.63, 3.8) is 0 Å². The minimum absolute atomic E-state index is 0.0367. The van der Waals surface area contributed by atoms with Crippen molar-refractivity contribution in [2.45, 2.75) is 38.1 Å². The Bertz CT molecular complexity index is 1510. The van der Waals surface area contributed by atoms with Gasteiger partial charge in [0.25, 0.3) is 0 Å². The van der Waals surface area contributed by atoms with Crippen molar-refractivity contribution in [2.75, 3.05) is 51.1 Å². The Kier molecular flexibility index (Phi) is 9.52. The third-order valence-electron chi connectivity index (χ3n) is 8.12. The molecule has 0 spiro atoms. The maximum atomic E-state index is 14.0. The van der Waals surface area contributed by atoms with Crippen molar-refractivity contribution >= 4 is 33.8 Å². The predicted octanol–water partition coefficient (Wildman–Crippen LogP) is 4.47. The van der Waals surface area contributed by atoms with Crippen LogP contribution in [0.3, 0.4) is 0 Å². The second-order valence-corrected chi connectivity index (χ2v) is 12.8. The number of aromatic nitrogens is 1. The Morgan fingerprint density at radius 3 is 2.33 bits per heavy atom. The molecule has 0 radical (unpaired) electrons. The summed E-state index contributed by atoms with van der Waals surface area (Å²) < 4.78 is 47.8. The fraction of sp³-hybridized carbons (Fsp3) is 0.419. The molecule has 11 heteroatoms. The lowest BCUT2D eigenvalue weighted by molar-refractivity contribution is -0.120. The summed E-state index contributed by atoms with van der Waals surface area (Å²) in [7, 11) is -3.93. The molecule has 1 aromatic heterocycles. The molecule has 224 valence electrons. The molecule has 2 saturated heterocycles. The van der Waals surface area contributed by atoms with E-state index < -0.39 is 15.8 Å². The van der Waals surface area contributed by atoms with Crippen molar-refractivity contribution in [1.82, 2.24) is 19.3 Å². The smallest absolute Gasteiger partial charge is 0.248 e. The summed E-state index contributed by atoms with van der Waals surface area (Å²) in [5.41, 5.74) is 2.49. The van der Waals surface area contributed by atoms with Gasteiger partial charge in [-0.15, -0.1) is 0 Å². The van der Waals surface area contributed by atoms with Crippen LogP contribution in [0.1, 0.15) is 42.3 Å². The van der Waals surface area contributed by atoms with Crippen LogP contribution in [0.4, 0.5) is 10.1 Å². The summed E-state index contributed by atoms with van der Waals surface area (Å²) >= 11 is 0. The van der Waals surface area contributed by atoms with Crippen molar-refractivity contribution in [1.29, 1.82) is 0 Å². The number of amides is 1. The van der Waals surface area contributed by atoms with Crippen LogP contribution in [0.5, 0.6) is 0 Å². The van der Waals surface area contributed by atoms with Crippen molar-refractivity contribution in [2.24, 2.45) is 5.92 Å². The molecule has 5 rings (SSSR count). The first kappa shape index (κ1) is 30.1. The number of carbonyl (C=O) groups excluding carboxylic acids is 1. The van der Waals surface area contributed by atoms with Gasteiger partial charge < -0.3 is 14.7 Å². The second kappa shape index (κ2) is 13.3. The van der Waals surface area contributed by atoms with E-state index in [2.05, 4.69) is 39.3 Å². The van der Waals surface area contributed by atoms with Gasteiger partial charge in [-0.25, -0.2) is 12.8 Å². The van der Waals surface area contributed by atoms with Crippen LogP contribution < -0.4 is 5.32 Å². The monoisotopic (exact) mass is 595 g/mol. The summed E-state index contributed by atoms with van der Waals surface area (Å²) in [5.74, 6) is -0.783. The minimum Gasteiger partial charge on any atom is -0.355 e. The second-order valence-electron chi connectivity index (χ2n) is 10.9. The average Bonchev–Trinajstić information content (AvgIpc) is 3.39. The molecule has 2 aromatic carbocycles. The van der Waals surface area contributed by atoms with Crippen LogP contribution in [0.2, 0.25) is 0 Å². The predicted molar refractivity (Wildman–Crippen MR) is 161 cm³/mol. The number of anilines is 1. The zero-order valence-electron chi connectivity index (χ0n) is 24.1. The van der Waals surface area contributed by atoms with Crippen LogP contribution in [-0.4, -0.2) is 79.4 Å². The fourth-order valence-electron chi connectivity index (χ4n) is 5.52. The molecule has 0 aliphatic carbocycles. The number of piperazine rings is 1. The van der Waals surface area contributed by atoms with Gasteiger partial charge in [-0.1, -0.05) is 42.4 Å². The van der Waals surface area contributed by atoms with Gasteiger partial charge in [0.2, 0.25) is 15.9 Å². The van der Waals surface area contributed by atoms with E-state index in [0.717, 1.165) is 45.0 Å². The van der Waals surface area contributed by atoms with E-state index in [-0.39, 0.29) is 41.3 Å². The number of nitrogens with one attached hydrogen (secondary N) is 1. The van der Waals surface area contributed by atoms with Gasteiger partial charge >= 0.3 is 0 Å². The quantitative estimate of drug-likeness (QED) is 0.390. The van der Waals surface area contributed by atoms with Gasteiger partial charge in [0.05, 0.1) is 0 Å². The van der Waals surface area contributed by atoms with Crippen LogP contribution in [-0.2, 0) is 21.4 Å². The molecule has 0 atom stereocenters. The molecule has 3 heterocycles. The van der Waals surface area contributed by atoms with E-state index in [1.54, 1.807) is 25.1 Å². The number of piperidine rings is 1. The lowest BCUT2D eigenvalue weighted by Gasteiger charge is -2.34. The molecular weight excluding hydrogens is 557 g/mol. The maximum Gasteiger partial charge on any atom is 0.248 e. The Balaban J connectivity index is 1.15. The molecule has 9 nitrogen and oxygen atoms in total. The van der Waals surface area contributed by atoms with Crippen molar-refractivity contribution in [3.8, 4) is 0 Å². The first-order valence-corrected chi connectivity index (χ1v) is 15.9. The van der Waals surface area contributed by atoms with Crippen molar-refractivity contribution < 1.29 is 22.1 Å². The summed E-state index contributed by atoms with van der Waals surface area (Å²) in [6, 6.07) is 14.2.